The Morgan fingerprint density at radius 2 is 1.56 bits per heavy atom. The molecule has 0 aliphatic carbocycles. The van der Waals surface area contributed by atoms with E-state index in [0.29, 0.717) is 23.8 Å². The summed E-state index contributed by atoms with van der Waals surface area (Å²) in [5.74, 6) is 1.82. The van der Waals surface area contributed by atoms with E-state index in [1.54, 1.807) is 21.3 Å². The maximum atomic E-state index is 5.93. The summed E-state index contributed by atoms with van der Waals surface area (Å²) in [5, 5.41) is 3.24. The van der Waals surface area contributed by atoms with Crippen molar-refractivity contribution in [3.8, 4) is 17.2 Å². The third kappa shape index (κ3) is 3.70. The first kappa shape index (κ1) is 14.4. The van der Waals surface area contributed by atoms with Crippen LogP contribution in [0.25, 0.3) is 0 Å². The highest BCUT2D eigenvalue weighted by molar-refractivity contribution is 5.62. The molecule has 0 radical (unpaired) electrons. The van der Waals surface area contributed by atoms with Gasteiger partial charge in [-0.2, -0.15) is 0 Å². The lowest BCUT2D eigenvalue weighted by Crippen LogP contribution is -2.39. The molecule has 0 aromatic heterocycles. The fourth-order valence-corrected chi connectivity index (χ4v) is 1.51. The average molecular weight is 254 g/mol. The molecule has 0 saturated heterocycles. The van der Waals surface area contributed by atoms with Crippen LogP contribution in [-0.4, -0.2) is 33.4 Å². The van der Waals surface area contributed by atoms with Gasteiger partial charge in [0.15, 0.2) is 11.5 Å². The van der Waals surface area contributed by atoms with Crippen molar-refractivity contribution < 1.29 is 14.2 Å². The predicted molar refractivity (Wildman–Crippen MR) is 72.9 cm³/mol. The monoisotopic (exact) mass is 254 g/mol. The summed E-state index contributed by atoms with van der Waals surface area (Å²) < 4.78 is 15.8. The minimum atomic E-state index is -0.291. The molecule has 0 saturated carbocycles. The van der Waals surface area contributed by atoms with Crippen molar-refractivity contribution in [2.75, 3.05) is 33.2 Å². The summed E-state index contributed by atoms with van der Waals surface area (Å²) >= 11 is 0. The van der Waals surface area contributed by atoms with E-state index in [-0.39, 0.29) is 5.54 Å². The summed E-state index contributed by atoms with van der Waals surface area (Å²) in [6.45, 7) is 4.56. The molecule has 0 fully saturated rings. The second-order valence-electron chi connectivity index (χ2n) is 4.76. The van der Waals surface area contributed by atoms with Gasteiger partial charge in [0.1, 0.15) is 0 Å². The molecular formula is C13H22N2O3. The fourth-order valence-electron chi connectivity index (χ4n) is 1.51. The third-order valence-corrected chi connectivity index (χ3v) is 2.41. The number of nitrogens with one attached hydrogen (secondary N) is 1. The van der Waals surface area contributed by atoms with Gasteiger partial charge in [0.2, 0.25) is 5.75 Å². The number of ether oxygens (including phenoxy) is 3. The van der Waals surface area contributed by atoms with Crippen molar-refractivity contribution in [3.05, 3.63) is 12.1 Å². The maximum absolute atomic E-state index is 5.93. The molecular weight excluding hydrogens is 232 g/mol. The molecule has 1 rings (SSSR count). The lowest BCUT2D eigenvalue weighted by molar-refractivity contribution is 0.324. The van der Waals surface area contributed by atoms with Crippen LogP contribution in [-0.2, 0) is 0 Å². The summed E-state index contributed by atoms with van der Waals surface area (Å²) in [6.07, 6.45) is 0. The van der Waals surface area contributed by atoms with Gasteiger partial charge in [-0.1, -0.05) is 0 Å². The van der Waals surface area contributed by atoms with E-state index >= 15 is 0 Å². The Bertz CT molecular complexity index is 375. The molecule has 0 spiro atoms. The van der Waals surface area contributed by atoms with E-state index in [1.165, 1.54) is 0 Å². The van der Waals surface area contributed by atoms with Crippen molar-refractivity contribution in [2.45, 2.75) is 19.4 Å². The molecule has 5 heteroatoms. The molecule has 1 aromatic carbocycles. The molecule has 0 amide bonds. The van der Waals surface area contributed by atoms with Gasteiger partial charge in [0, 0.05) is 29.9 Å². The van der Waals surface area contributed by atoms with Crippen LogP contribution < -0.4 is 25.3 Å². The van der Waals surface area contributed by atoms with Gasteiger partial charge in [-0.15, -0.1) is 0 Å². The highest BCUT2D eigenvalue weighted by Gasteiger charge is 2.15. The molecule has 1 aromatic rings. The predicted octanol–water partition coefficient (Wildman–Crippen LogP) is 1.86. The van der Waals surface area contributed by atoms with E-state index in [2.05, 4.69) is 5.32 Å². The third-order valence-electron chi connectivity index (χ3n) is 2.41. The van der Waals surface area contributed by atoms with Crippen LogP contribution >= 0.6 is 0 Å². The van der Waals surface area contributed by atoms with E-state index in [9.17, 15) is 0 Å². The number of hydrogen-bond donors (Lipinski definition) is 2. The Hall–Kier alpha value is -1.62. The van der Waals surface area contributed by atoms with Crippen LogP contribution in [0, 0.1) is 0 Å². The fraction of sp³-hybridized carbons (Fsp3) is 0.538. The lowest BCUT2D eigenvalue weighted by atomic mass is 10.1. The Morgan fingerprint density at radius 1 is 1.06 bits per heavy atom. The van der Waals surface area contributed by atoms with Crippen molar-refractivity contribution in [1.29, 1.82) is 0 Å². The van der Waals surface area contributed by atoms with Crippen LogP contribution in [0.4, 0.5) is 5.69 Å². The maximum Gasteiger partial charge on any atom is 0.203 e. The zero-order chi connectivity index (χ0) is 13.8. The summed E-state index contributed by atoms with van der Waals surface area (Å²) in [7, 11) is 4.76. The minimum Gasteiger partial charge on any atom is -0.493 e. The number of anilines is 1. The summed E-state index contributed by atoms with van der Waals surface area (Å²) in [6, 6.07) is 3.71. The van der Waals surface area contributed by atoms with Gasteiger partial charge < -0.3 is 25.3 Å². The number of methoxy groups -OCH3 is 3. The van der Waals surface area contributed by atoms with Crippen LogP contribution in [0.3, 0.4) is 0 Å². The molecule has 102 valence electrons. The number of nitrogens with two attached hydrogens (primary N) is 1. The van der Waals surface area contributed by atoms with Gasteiger partial charge in [-0.25, -0.2) is 0 Å². The zero-order valence-electron chi connectivity index (χ0n) is 11.7. The Kier molecular flexibility index (Phi) is 4.67. The second kappa shape index (κ2) is 5.82. The molecule has 18 heavy (non-hydrogen) atoms. The highest BCUT2D eigenvalue weighted by Crippen LogP contribution is 2.39. The minimum absolute atomic E-state index is 0.291. The van der Waals surface area contributed by atoms with E-state index in [1.807, 2.05) is 26.0 Å². The Morgan fingerprint density at radius 3 is 1.89 bits per heavy atom. The molecule has 5 nitrogen and oxygen atoms in total. The van der Waals surface area contributed by atoms with Gasteiger partial charge in [0.05, 0.1) is 21.3 Å². The van der Waals surface area contributed by atoms with Crippen molar-refractivity contribution >= 4 is 5.69 Å². The van der Waals surface area contributed by atoms with Crippen LogP contribution in [0.1, 0.15) is 13.8 Å². The van der Waals surface area contributed by atoms with Crippen LogP contribution in [0.15, 0.2) is 12.1 Å². The SMILES string of the molecule is COc1cc(NCC(C)(C)N)cc(OC)c1OC. The quantitative estimate of drug-likeness (QED) is 0.811. The second-order valence-corrected chi connectivity index (χ2v) is 4.76. The molecule has 0 unspecified atom stereocenters. The number of hydrogen-bond acceptors (Lipinski definition) is 5. The Balaban J connectivity index is 3.00. The lowest BCUT2D eigenvalue weighted by Gasteiger charge is -2.21. The van der Waals surface area contributed by atoms with Crippen LogP contribution in [0.2, 0.25) is 0 Å². The standard InChI is InChI=1S/C13H22N2O3/c1-13(2,14)8-15-9-6-10(16-3)12(18-5)11(7-9)17-4/h6-7,15H,8,14H2,1-5H3. The summed E-state index contributed by atoms with van der Waals surface area (Å²) in [5.41, 5.74) is 6.52. The highest BCUT2D eigenvalue weighted by atomic mass is 16.5. The van der Waals surface area contributed by atoms with Gasteiger partial charge in [0.25, 0.3) is 0 Å². The van der Waals surface area contributed by atoms with Gasteiger partial charge in [-0.05, 0) is 13.8 Å². The molecule has 0 aliphatic rings. The van der Waals surface area contributed by atoms with Crippen LogP contribution in [0.5, 0.6) is 17.2 Å². The topological polar surface area (TPSA) is 65.7 Å². The first-order chi connectivity index (χ1) is 8.41. The molecule has 0 aliphatic heterocycles. The van der Waals surface area contributed by atoms with Crippen molar-refractivity contribution in [1.82, 2.24) is 0 Å². The molecule has 3 N–H and O–H groups in total. The molecule has 0 atom stereocenters. The summed E-state index contributed by atoms with van der Waals surface area (Å²) in [4.78, 5) is 0. The first-order valence-electron chi connectivity index (χ1n) is 5.74. The van der Waals surface area contributed by atoms with E-state index in [0.717, 1.165) is 5.69 Å². The smallest absolute Gasteiger partial charge is 0.203 e. The largest absolute Gasteiger partial charge is 0.493 e. The average Bonchev–Trinajstić information content (AvgIpc) is 2.33. The number of rotatable bonds is 6. The van der Waals surface area contributed by atoms with E-state index in [4.69, 9.17) is 19.9 Å². The number of benzene rings is 1. The Labute approximate surface area is 108 Å². The zero-order valence-corrected chi connectivity index (χ0v) is 11.7. The van der Waals surface area contributed by atoms with Gasteiger partial charge in [-0.3, -0.25) is 0 Å². The normalized spacial score (nSPS) is 11.0. The molecule has 0 heterocycles. The van der Waals surface area contributed by atoms with Gasteiger partial charge >= 0.3 is 0 Å². The molecule has 0 bridgehead atoms. The first-order valence-corrected chi connectivity index (χ1v) is 5.74. The van der Waals surface area contributed by atoms with Crippen molar-refractivity contribution in [2.24, 2.45) is 5.73 Å². The van der Waals surface area contributed by atoms with Crippen molar-refractivity contribution in [3.63, 3.8) is 0 Å². The van der Waals surface area contributed by atoms with E-state index < -0.39 is 0 Å².